The zero-order valence-electron chi connectivity index (χ0n) is 13.8. The van der Waals surface area contributed by atoms with Crippen LogP contribution in [0.3, 0.4) is 0 Å². The summed E-state index contributed by atoms with van der Waals surface area (Å²) >= 11 is 0. The molecular formula is C19H22N2O2. The van der Waals surface area contributed by atoms with Crippen molar-refractivity contribution >= 4 is 17.5 Å². The van der Waals surface area contributed by atoms with Crippen LogP contribution in [0.2, 0.25) is 0 Å². The summed E-state index contributed by atoms with van der Waals surface area (Å²) in [5.74, 6) is -0.384. The second-order valence-electron chi connectivity index (χ2n) is 5.75. The minimum atomic E-state index is -0.227. The first-order valence-electron chi connectivity index (χ1n) is 7.64. The van der Waals surface area contributed by atoms with Crippen molar-refractivity contribution in [2.75, 3.05) is 11.9 Å². The fourth-order valence-corrected chi connectivity index (χ4v) is 2.37. The van der Waals surface area contributed by atoms with E-state index in [1.807, 2.05) is 63.2 Å². The van der Waals surface area contributed by atoms with Gasteiger partial charge in [-0.25, -0.2) is 0 Å². The molecule has 0 heterocycles. The number of aryl methyl sites for hydroxylation is 3. The minimum Gasteiger partial charge on any atom is -0.347 e. The molecule has 0 saturated heterocycles. The van der Waals surface area contributed by atoms with E-state index in [4.69, 9.17) is 0 Å². The standard InChI is InChI=1S/C19H22N2O2/c1-13-8-9-17(15(3)10-13)21-19(23)12-20-18(22)11-16-7-5-4-6-14(16)2/h4-10H,11-12H2,1-3H3,(H,20,22)(H,21,23). The maximum atomic E-state index is 11.9. The molecule has 0 fully saturated rings. The lowest BCUT2D eigenvalue weighted by molar-refractivity contribution is -0.123. The van der Waals surface area contributed by atoms with Gasteiger partial charge in [0.05, 0.1) is 13.0 Å². The number of rotatable bonds is 5. The first kappa shape index (κ1) is 16.7. The third-order valence-corrected chi connectivity index (χ3v) is 3.71. The molecule has 0 bridgehead atoms. The molecule has 0 aromatic heterocycles. The fraction of sp³-hybridized carbons (Fsp3) is 0.263. The molecule has 0 aliphatic heterocycles. The third-order valence-electron chi connectivity index (χ3n) is 3.71. The van der Waals surface area contributed by atoms with E-state index in [9.17, 15) is 9.59 Å². The van der Waals surface area contributed by atoms with E-state index in [0.717, 1.165) is 27.9 Å². The van der Waals surface area contributed by atoms with E-state index >= 15 is 0 Å². The highest BCUT2D eigenvalue weighted by Crippen LogP contribution is 2.15. The SMILES string of the molecule is Cc1ccc(NC(=O)CNC(=O)Cc2ccccc2C)c(C)c1. The van der Waals surface area contributed by atoms with Gasteiger partial charge in [-0.05, 0) is 43.5 Å². The molecule has 0 aliphatic carbocycles. The average molecular weight is 310 g/mol. The largest absolute Gasteiger partial charge is 0.347 e. The average Bonchev–Trinajstić information content (AvgIpc) is 2.50. The molecule has 23 heavy (non-hydrogen) atoms. The normalized spacial score (nSPS) is 10.2. The van der Waals surface area contributed by atoms with Crippen molar-refractivity contribution < 1.29 is 9.59 Å². The van der Waals surface area contributed by atoms with Gasteiger partial charge in [-0.3, -0.25) is 9.59 Å². The predicted molar refractivity (Wildman–Crippen MR) is 92.4 cm³/mol. The topological polar surface area (TPSA) is 58.2 Å². The van der Waals surface area contributed by atoms with Gasteiger partial charge in [0.2, 0.25) is 11.8 Å². The number of carbonyl (C=O) groups excluding carboxylic acids is 2. The first-order chi connectivity index (χ1) is 11.0. The molecule has 120 valence electrons. The second kappa shape index (κ2) is 7.58. The number of nitrogens with one attached hydrogen (secondary N) is 2. The van der Waals surface area contributed by atoms with Crippen LogP contribution in [0.1, 0.15) is 22.3 Å². The summed E-state index contributed by atoms with van der Waals surface area (Å²) in [7, 11) is 0. The van der Waals surface area contributed by atoms with Gasteiger partial charge in [0.25, 0.3) is 0 Å². The van der Waals surface area contributed by atoms with E-state index in [1.54, 1.807) is 0 Å². The van der Waals surface area contributed by atoms with Crippen molar-refractivity contribution in [1.29, 1.82) is 0 Å². The van der Waals surface area contributed by atoms with Crippen LogP contribution in [0, 0.1) is 20.8 Å². The predicted octanol–water partition coefficient (Wildman–Crippen LogP) is 2.91. The number of hydrogen-bond acceptors (Lipinski definition) is 2. The Hall–Kier alpha value is -2.62. The molecule has 2 N–H and O–H groups in total. The van der Waals surface area contributed by atoms with Crippen molar-refractivity contribution in [1.82, 2.24) is 5.32 Å². The lowest BCUT2D eigenvalue weighted by atomic mass is 10.1. The molecule has 4 nitrogen and oxygen atoms in total. The Morgan fingerprint density at radius 2 is 1.65 bits per heavy atom. The van der Waals surface area contributed by atoms with Gasteiger partial charge in [0.1, 0.15) is 0 Å². The minimum absolute atomic E-state index is 0.0297. The van der Waals surface area contributed by atoms with Gasteiger partial charge in [0, 0.05) is 5.69 Å². The zero-order chi connectivity index (χ0) is 16.8. The molecule has 0 aliphatic rings. The fourth-order valence-electron chi connectivity index (χ4n) is 2.37. The molecular weight excluding hydrogens is 288 g/mol. The Balaban J connectivity index is 1.84. The van der Waals surface area contributed by atoms with Crippen LogP contribution in [-0.2, 0) is 16.0 Å². The van der Waals surface area contributed by atoms with Crippen molar-refractivity contribution in [3.63, 3.8) is 0 Å². The highest BCUT2D eigenvalue weighted by atomic mass is 16.2. The second-order valence-corrected chi connectivity index (χ2v) is 5.75. The summed E-state index contributed by atoms with van der Waals surface area (Å²) < 4.78 is 0. The Kier molecular flexibility index (Phi) is 5.52. The van der Waals surface area contributed by atoms with E-state index in [0.29, 0.717) is 0 Å². The van der Waals surface area contributed by atoms with Crippen LogP contribution in [0.4, 0.5) is 5.69 Å². The molecule has 2 aromatic rings. The monoisotopic (exact) mass is 310 g/mol. The van der Waals surface area contributed by atoms with Crippen molar-refractivity contribution in [3.05, 3.63) is 64.7 Å². The molecule has 0 saturated carbocycles. The molecule has 0 unspecified atom stereocenters. The molecule has 2 rings (SSSR count). The number of amides is 2. The van der Waals surface area contributed by atoms with E-state index < -0.39 is 0 Å². The molecule has 0 atom stereocenters. The van der Waals surface area contributed by atoms with Crippen molar-refractivity contribution in [2.45, 2.75) is 27.2 Å². The molecule has 4 heteroatoms. The van der Waals surface area contributed by atoms with Crippen LogP contribution < -0.4 is 10.6 Å². The Bertz CT molecular complexity index is 723. The molecule has 0 radical (unpaired) electrons. The summed E-state index contributed by atoms with van der Waals surface area (Å²) in [6, 6.07) is 13.6. The van der Waals surface area contributed by atoms with Crippen molar-refractivity contribution in [2.24, 2.45) is 0 Å². The van der Waals surface area contributed by atoms with Crippen LogP contribution in [0.15, 0.2) is 42.5 Å². The summed E-state index contributed by atoms with van der Waals surface area (Å²) in [6.07, 6.45) is 0.281. The smallest absolute Gasteiger partial charge is 0.243 e. The van der Waals surface area contributed by atoms with Crippen LogP contribution in [0.5, 0.6) is 0 Å². The third kappa shape index (κ3) is 4.95. The van der Waals surface area contributed by atoms with Crippen molar-refractivity contribution in [3.8, 4) is 0 Å². The number of carbonyl (C=O) groups is 2. The van der Waals surface area contributed by atoms with Gasteiger partial charge in [-0.2, -0.15) is 0 Å². The summed E-state index contributed by atoms with van der Waals surface area (Å²) in [5.41, 5.74) is 4.97. The zero-order valence-corrected chi connectivity index (χ0v) is 13.8. The van der Waals surface area contributed by atoms with E-state index in [1.165, 1.54) is 0 Å². The van der Waals surface area contributed by atoms with Gasteiger partial charge in [-0.15, -0.1) is 0 Å². The highest BCUT2D eigenvalue weighted by molar-refractivity contribution is 5.95. The van der Waals surface area contributed by atoms with Crippen LogP contribution in [0.25, 0.3) is 0 Å². The van der Waals surface area contributed by atoms with Gasteiger partial charge >= 0.3 is 0 Å². The Morgan fingerprint density at radius 1 is 0.913 bits per heavy atom. The van der Waals surface area contributed by atoms with Gasteiger partial charge < -0.3 is 10.6 Å². The number of hydrogen-bond donors (Lipinski definition) is 2. The highest BCUT2D eigenvalue weighted by Gasteiger charge is 2.09. The number of anilines is 1. The number of benzene rings is 2. The Labute approximate surface area is 136 Å². The molecule has 0 spiro atoms. The van der Waals surface area contributed by atoms with E-state index in [2.05, 4.69) is 10.6 Å². The van der Waals surface area contributed by atoms with Gasteiger partial charge in [0.15, 0.2) is 0 Å². The lowest BCUT2D eigenvalue weighted by Crippen LogP contribution is -2.34. The maximum Gasteiger partial charge on any atom is 0.243 e. The van der Waals surface area contributed by atoms with Crippen LogP contribution >= 0.6 is 0 Å². The first-order valence-corrected chi connectivity index (χ1v) is 7.64. The summed E-state index contributed by atoms with van der Waals surface area (Å²) in [5, 5.41) is 5.47. The quantitative estimate of drug-likeness (QED) is 0.892. The lowest BCUT2D eigenvalue weighted by Gasteiger charge is -2.10. The van der Waals surface area contributed by atoms with Gasteiger partial charge in [-0.1, -0.05) is 42.0 Å². The molecule has 2 amide bonds. The van der Waals surface area contributed by atoms with E-state index in [-0.39, 0.29) is 24.8 Å². The Morgan fingerprint density at radius 3 is 2.35 bits per heavy atom. The maximum absolute atomic E-state index is 11.9. The summed E-state index contributed by atoms with van der Waals surface area (Å²) in [6.45, 7) is 5.89. The van der Waals surface area contributed by atoms with Crippen LogP contribution in [-0.4, -0.2) is 18.4 Å². The molecule has 2 aromatic carbocycles. The summed E-state index contributed by atoms with van der Waals surface area (Å²) in [4.78, 5) is 23.9.